The lowest BCUT2D eigenvalue weighted by molar-refractivity contribution is -0.385. The molecule has 0 bridgehead atoms. The number of nitrogens with two attached hydrogens (primary N) is 1. The number of carboxylic acid groups (broad SMARTS) is 2. The zero-order chi connectivity index (χ0) is 23.6. The number of aliphatic carboxylic acids is 2. The van der Waals surface area contributed by atoms with Gasteiger partial charge >= 0.3 is 11.9 Å². The number of methoxy groups -OCH3 is 2. The molecule has 0 atom stereocenters. The summed E-state index contributed by atoms with van der Waals surface area (Å²) in [6.07, 6.45) is 3.70. The minimum Gasteiger partial charge on any atom is -0.496 e. The Morgan fingerprint density at radius 3 is 1.81 bits per heavy atom. The van der Waals surface area contributed by atoms with Crippen molar-refractivity contribution in [3.8, 4) is 11.5 Å². The number of carbonyl (C=O) groups is 2. The van der Waals surface area contributed by atoms with Crippen LogP contribution in [0.2, 0.25) is 0 Å². The van der Waals surface area contributed by atoms with Crippen molar-refractivity contribution < 1.29 is 34.2 Å². The average Bonchev–Trinajstić information content (AvgIpc) is 3.37. The first-order valence-electron chi connectivity index (χ1n) is 9.34. The first kappa shape index (κ1) is 22.3. The number of ether oxygens (including phenoxy) is 2. The van der Waals surface area contributed by atoms with Crippen molar-refractivity contribution in [3.05, 3.63) is 67.8 Å². The van der Waals surface area contributed by atoms with Crippen molar-refractivity contribution in [1.29, 1.82) is 0 Å². The van der Waals surface area contributed by atoms with Crippen molar-refractivity contribution in [3.63, 3.8) is 0 Å². The molecule has 0 amide bonds. The average molecular weight is 440 g/mol. The summed E-state index contributed by atoms with van der Waals surface area (Å²) >= 11 is 0. The van der Waals surface area contributed by atoms with E-state index >= 15 is 0 Å². The molecule has 10 heteroatoms. The number of non-ortho nitro benzene ring substituents is 1. The molecule has 4 rings (SSSR count). The molecule has 2 aliphatic carbocycles. The van der Waals surface area contributed by atoms with Crippen LogP contribution in [0.25, 0.3) is 12.2 Å². The van der Waals surface area contributed by atoms with Gasteiger partial charge in [0.15, 0.2) is 0 Å². The number of carboxylic acids is 2. The fourth-order valence-corrected chi connectivity index (χ4v) is 3.58. The van der Waals surface area contributed by atoms with Crippen molar-refractivity contribution in [2.24, 2.45) is 0 Å². The maximum atomic E-state index is 10.8. The molecule has 0 radical (unpaired) electrons. The highest BCUT2D eigenvalue weighted by atomic mass is 16.6. The van der Waals surface area contributed by atoms with Crippen molar-refractivity contribution in [1.82, 2.24) is 0 Å². The van der Waals surface area contributed by atoms with Crippen LogP contribution in [-0.2, 0) is 22.4 Å². The zero-order valence-electron chi connectivity index (χ0n) is 17.2. The second kappa shape index (κ2) is 8.80. The topological polar surface area (TPSA) is 162 Å². The van der Waals surface area contributed by atoms with Crippen LogP contribution in [0.4, 0.5) is 11.4 Å². The highest BCUT2D eigenvalue weighted by Gasteiger charge is 2.24. The summed E-state index contributed by atoms with van der Waals surface area (Å²) in [6.45, 7) is 0. The second-order valence-corrected chi connectivity index (χ2v) is 7.07. The van der Waals surface area contributed by atoms with Crippen LogP contribution in [0.3, 0.4) is 0 Å². The van der Waals surface area contributed by atoms with E-state index in [2.05, 4.69) is 0 Å². The summed E-state index contributed by atoms with van der Waals surface area (Å²) < 4.78 is 10.2. The molecular weight excluding hydrogens is 420 g/mol. The van der Waals surface area contributed by atoms with Gasteiger partial charge in [-0.05, 0) is 29.3 Å². The molecule has 0 saturated heterocycles. The van der Waals surface area contributed by atoms with E-state index in [0.29, 0.717) is 40.3 Å². The summed E-state index contributed by atoms with van der Waals surface area (Å²) in [5, 5.41) is 28.5. The first-order chi connectivity index (χ1) is 15.1. The van der Waals surface area contributed by atoms with Gasteiger partial charge in [-0.15, -0.1) is 0 Å². The molecule has 0 fully saturated rings. The molecule has 0 heterocycles. The molecule has 2 aliphatic rings. The maximum absolute atomic E-state index is 10.8. The van der Waals surface area contributed by atoms with Gasteiger partial charge in [0.05, 0.1) is 25.2 Å². The third kappa shape index (κ3) is 4.38. The number of fused-ring (bicyclic) bond motifs is 2. The van der Waals surface area contributed by atoms with Gasteiger partial charge in [0.1, 0.15) is 11.5 Å². The Morgan fingerprint density at radius 1 is 0.906 bits per heavy atom. The zero-order valence-corrected chi connectivity index (χ0v) is 17.2. The second-order valence-electron chi connectivity index (χ2n) is 7.07. The fraction of sp³-hybridized carbons (Fsp3) is 0.182. The number of nitro benzene ring substituents is 1. The van der Waals surface area contributed by atoms with E-state index in [4.69, 9.17) is 25.4 Å². The van der Waals surface area contributed by atoms with Crippen molar-refractivity contribution >= 4 is 35.5 Å². The van der Waals surface area contributed by atoms with E-state index in [0.717, 1.165) is 11.1 Å². The third-order valence-corrected chi connectivity index (χ3v) is 5.09. The summed E-state index contributed by atoms with van der Waals surface area (Å²) in [5.74, 6) is -0.920. The number of benzene rings is 2. The Hall–Kier alpha value is -4.34. The fourth-order valence-electron chi connectivity index (χ4n) is 3.58. The molecular formula is C22H20N2O8. The van der Waals surface area contributed by atoms with Crippen LogP contribution >= 0.6 is 0 Å². The smallest absolute Gasteiger partial charge is 0.331 e. The summed E-state index contributed by atoms with van der Waals surface area (Å²) in [7, 11) is 2.95. The van der Waals surface area contributed by atoms with Gasteiger partial charge in [0.25, 0.3) is 5.69 Å². The predicted molar refractivity (Wildman–Crippen MR) is 116 cm³/mol. The quantitative estimate of drug-likeness (QED) is 0.360. The summed E-state index contributed by atoms with van der Waals surface area (Å²) in [4.78, 5) is 31.8. The molecule has 0 spiro atoms. The van der Waals surface area contributed by atoms with Gasteiger partial charge in [0.2, 0.25) is 0 Å². The third-order valence-electron chi connectivity index (χ3n) is 5.09. The maximum Gasteiger partial charge on any atom is 0.331 e. The van der Waals surface area contributed by atoms with Crippen LogP contribution in [0.15, 0.2) is 35.4 Å². The number of hydrogen-bond donors (Lipinski definition) is 3. The predicted octanol–water partition coefficient (Wildman–Crippen LogP) is 2.93. The van der Waals surface area contributed by atoms with E-state index in [1.165, 1.54) is 25.3 Å². The molecule has 166 valence electrons. The van der Waals surface area contributed by atoms with Gasteiger partial charge in [-0.25, -0.2) is 9.59 Å². The lowest BCUT2D eigenvalue weighted by Crippen LogP contribution is -2.00. The number of nitro groups is 1. The van der Waals surface area contributed by atoms with Gasteiger partial charge in [-0.1, -0.05) is 0 Å². The molecule has 0 saturated carbocycles. The van der Waals surface area contributed by atoms with Crippen molar-refractivity contribution in [2.45, 2.75) is 12.8 Å². The van der Waals surface area contributed by atoms with E-state index in [1.54, 1.807) is 25.3 Å². The van der Waals surface area contributed by atoms with E-state index in [1.807, 2.05) is 0 Å². The van der Waals surface area contributed by atoms with Gasteiger partial charge in [0, 0.05) is 52.9 Å². The van der Waals surface area contributed by atoms with Gasteiger partial charge in [-0.2, -0.15) is 0 Å². The number of anilines is 1. The largest absolute Gasteiger partial charge is 0.496 e. The lowest BCUT2D eigenvalue weighted by atomic mass is 10.1. The normalized spacial score (nSPS) is 13.1. The Bertz CT molecular complexity index is 1200. The molecule has 4 N–H and O–H groups in total. The Labute approximate surface area is 182 Å². The van der Waals surface area contributed by atoms with Gasteiger partial charge in [-0.3, -0.25) is 10.1 Å². The molecule has 0 unspecified atom stereocenters. The van der Waals surface area contributed by atoms with Crippen LogP contribution in [0, 0.1) is 10.1 Å². The summed E-state index contributed by atoms with van der Waals surface area (Å²) in [6, 6.07) is 6.12. The highest BCUT2D eigenvalue weighted by molar-refractivity contribution is 5.96. The molecule has 0 aliphatic heterocycles. The van der Waals surface area contributed by atoms with E-state index < -0.39 is 16.9 Å². The monoisotopic (exact) mass is 440 g/mol. The molecule has 2 aromatic carbocycles. The summed E-state index contributed by atoms with van der Waals surface area (Å²) in [5.41, 5.74) is 9.66. The van der Waals surface area contributed by atoms with Crippen LogP contribution in [-0.4, -0.2) is 41.3 Å². The first-order valence-corrected chi connectivity index (χ1v) is 9.34. The lowest BCUT2D eigenvalue weighted by Gasteiger charge is -2.08. The molecule has 0 aromatic heterocycles. The van der Waals surface area contributed by atoms with E-state index in [-0.39, 0.29) is 17.7 Å². The van der Waals surface area contributed by atoms with Gasteiger partial charge < -0.3 is 25.4 Å². The molecule has 10 nitrogen and oxygen atoms in total. The molecule has 2 aromatic rings. The van der Waals surface area contributed by atoms with Crippen LogP contribution in [0.5, 0.6) is 11.5 Å². The Balaban J connectivity index is 0.000000182. The van der Waals surface area contributed by atoms with Crippen molar-refractivity contribution in [2.75, 3.05) is 20.0 Å². The number of nitrogen functional groups attached to an aromatic ring is 1. The number of nitrogens with zero attached hydrogens (tertiary/aromatic N) is 1. The Morgan fingerprint density at radius 2 is 1.38 bits per heavy atom. The highest BCUT2D eigenvalue weighted by Crippen LogP contribution is 2.36. The minimum absolute atomic E-state index is 0.108. The minimum atomic E-state index is -1.02. The standard InChI is InChI=1S/C11H9NO5.C11H11NO3/c1-17-10-5-8(12(15)16)3-6-2-7(11(13)14)4-9(6)10;1-15-10-5-8(12)3-6-2-7(11(13)14)4-9(6)10/h2-3,5H,4H2,1H3,(H,13,14);2-3,5H,4,12H2,1H3,(H,13,14). The molecule has 32 heavy (non-hydrogen) atoms. The van der Waals surface area contributed by atoms with Crippen LogP contribution < -0.4 is 15.2 Å². The SMILES string of the molecule is COc1cc(N)cc2c1CC(C(=O)O)=C2.COc1cc([N+](=O)[O-])cc2c1CC(C(=O)O)=C2. The Kier molecular flexibility index (Phi) is 6.15. The number of rotatable bonds is 5. The van der Waals surface area contributed by atoms with Crippen LogP contribution in [0.1, 0.15) is 22.3 Å². The van der Waals surface area contributed by atoms with E-state index in [9.17, 15) is 19.7 Å². The number of hydrogen-bond acceptors (Lipinski definition) is 7.